The number of carbonyl (C=O) groups excluding carboxylic acids is 1. The second kappa shape index (κ2) is 7.45. The zero-order valence-corrected chi connectivity index (χ0v) is 12.1. The molecule has 0 radical (unpaired) electrons. The number of carbonyl (C=O) groups is 1. The lowest BCUT2D eigenvalue weighted by atomic mass is 10.1. The monoisotopic (exact) mass is 284 g/mol. The number of ether oxygens (including phenoxy) is 1. The molecule has 0 unspecified atom stereocenters. The third-order valence-electron chi connectivity index (χ3n) is 3.27. The Morgan fingerprint density at radius 1 is 1.14 bits per heavy atom. The van der Waals surface area contributed by atoms with Gasteiger partial charge in [-0.15, -0.1) is 0 Å². The van der Waals surface area contributed by atoms with Gasteiger partial charge in [0.1, 0.15) is 0 Å². The lowest BCUT2D eigenvalue weighted by Crippen LogP contribution is -2.31. The van der Waals surface area contributed by atoms with Crippen LogP contribution in [0.4, 0.5) is 5.69 Å². The summed E-state index contributed by atoms with van der Waals surface area (Å²) in [7, 11) is 1.54. The number of hydrogen-bond donors (Lipinski definition) is 2. The van der Waals surface area contributed by atoms with E-state index in [2.05, 4.69) is 5.32 Å². The normalized spacial score (nSPS) is 11.9. The molecular formula is C17H20N2O2. The van der Waals surface area contributed by atoms with Crippen LogP contribution >= 0.6 is 0 Å². The molecule has 0 saturated carbocycles. The average molecular weight is 284 g/mol. The summed E-state index contributed by atoms with van der Waals surface area (Å²) in [6.45, 7) is 0.565. The molecule has 0 spiro atoms. The van der Waals surface area contributed by atoms with Crippen LogP contribution in [0.25, 0.3) is 0 Å². The van der Waals surface area contributed by atoms with Gasteiger partial charge in [-0.3, -0.25) is 4.79 Å². The van der Waals surface area contributed by atoms with Gasteiger partial charge in [0.25, 0.3) is 5.91 Å². The highest BCUT2D eigenvalue weighted by Crippen LogP contribution is 2.16. The van der Waals surface area contributed by atoms with Crippen LogP contribution in [0.2, 0.25) is 0 Å². The summed E-state index contributed by atoms with van der Waals surface area (Å²) in [5.41, 5.74) is 8.37. The van der Waals surface area contributed by atoms with Crippen LogP contribution in [0.3, 0.4) is 0 Å². The van der Waals surface area contributed by atoms with Crippen LogP contribution in [0.15, 0.2) is 54.6 Å². The topological polar surface area (TPSA) is 64.3 Å². The SMILES string of the molecule is CO[C@@H](C(=O)NCCc1ccc(N)cc1)c1ccccc1. The van der Waals surface area contributed by atoms with Gasteiger partial charge in [-0.25, -0.2) is 0 Å². The number of anilines is 1. The fraction of sp³-hybridized carbons (Fsp3) is 0.235. The molecule has 110 valence electrons. The maximum atomic E-state index is 12.2. The molecule has 4 nitrogen and oxygen atoms in total. The summed E-state index contributed by atoms with van der Waals surface area (Å²) in [5, 5.41) is 2.90. The molecule has 1 amide bonds. The molecule has 0 heterocycles. The fourth-order valence-electron chi connectivity index (χ4n) is 2.13. The standard InChI is InChI=1S/C17H20N2O2/c1-21-16(14-5-3-2-4-6-14)17(20)19-12-11-13-7-9-15(18)10-8-13/h2-10,16H,11-12,18H2,1H3,(H,19,20)/t16-/m1/s1. The van der Waals surface area contributed by atoms with E-state index in [1.165, 1.54) is 7.11 Å². The average Bonchev–Trinajstić information content (AvgIpc) is 2.51. The van der Waals surface area contributed by atoms with E-state index in [-0.39, 0.29) is 5.91 Å². The van der Waals surface area contributed by atoms with E-state index in [9.17, 15) is 4.79 Å². The predicted octanol–water partition coefficient (Wildman–Crippen LogP) is 2.32. The minimum atomic E-state index is -0.572. The molecule has 21 heavy (non-hydrogen) atoms. The van der Waals surface area contributed by atoms with E-state index >= 15 is 0 Å². The van der Waals surface area contributed by atoms with Gasteiger partial charge < -0.3 is 15.8 Å². The van der Waals surface area contributed by atoms with Gasteiger partial charge in [0, 0.05) is 19.3 Å². The summed E-state index contributed by atoms with van der Waals surface area (Å²) >= 11 is 0. The number of nitrogens with two attached hydrogens (primary N) is 1. The van der Waals surface area contributed by atoms with Gasteiger partial charge in [0.05, 0.1) is 0 Å². The second-order valence-electron chi connectivity index (χ2n) is 4.81. The Kier molecular flexibility index (Phi) is 5.35. The summed E-state index contributed by atoms with van der Waals surface area (Å²) in [4.78, 5) is 12.2. The Morgan fingerprint density at radius 2 is 1.81 bits per heavy atom. The van der Waals surface area contributed by atoms with Crippen LogP contribution in [0.1, 0.15) is 17.2 Å². The first-order valence-electron chi connectivity index (χ1n) is 6.90. The van der Waals surface area contributed by atoms with E-state index in [4.69, 9.17) is 10.5 Å². The molecule has 4 heteroatoms. The molecule has 2 rings (SSSR count). The molecule has 0 bridgehead atoms. The number of benzene rings is 2. The maximum absolute atomic E-state index is 12.2. The smallest absolute Gasteiger partial charge is 0.253 e. The zero-order valence-electron chi connectivity index (χ0n) is 12.1. The van der Waals surface area contributed by atoms with Crippen molar-refractivity contribution in [3.8, 4) is 0 Å². The third-order valence-corrected chi connectivity index (χ3v) is 3.27. The molecular weight excluding hydrogens is 264 g/mol. The lowest BCUT2D eigenvalue weighted by molar-refractivity contribution is -0.131. The number of rotatable bonds is 6. The van der Waals surface area contributed by atoms with Crippen molar-refractivity contribution < 1.29 is 9.53 Å². The molecule has 0 saturated heterocycles. The molecule has 2 aromatic carbocycles. The van der Waals surface area contributed by atoms with E-state index in [1.54, 1.807) is 0 Å². The summed E-state index contributed by atoms with van der Waals surface area (Å²) in [6.07, 6.45) is 0.190. The molecule has 0 aliphatic carbocycles. The highest BCUT2D eigenvalue weighted by molar-refractivity contribution is 5.82. The van der Waals surface area contributed by atoms with Crippen molar-refractivity contribution >= 4 is 11.6 Å². The fourth-order valence-corrected chi connectivity index (χ4v) is 2.13. The van der Waals surface area contributed by atoms with Crippen LogP contribution < -0.4 is 11.1 Å². The molecule has 0 fully saturated rings. The zero-order chi connectivity index (χ0) is 15.1. The van der Waals surface area contributed by atoms with Crippen LogP contribution in [0, 0.1) is 0 Å². The Labute approximate surface area is 124 Å². The Hall–Kier alpha value is -2.33. The van der Waals surface area contributed by atoms with Crippen molar-refractivity contribution in [2.45, 2.75) is 12.5 Å². The van der Waals surface area contributed by atoms with Crippen LogP contribution in [-0.4, -0.2) is 19.6 Å². The quantitative estimate of drug-likeness (QED) is 0.800. The number of nitrogen functional groups attached to an aromatic ring is 1. The van der Waals surface area contributed by atoms with E-state index < -0.39 is 6.10 Å². The van der Waals surface area contributed by atoms with Crippen molar-refractivity contribution in [3.05, 3.63) is 65.7 Å². The molecule has 0 aromatic heterocycles. The molecule has 0 aliphatic heterocycles. The molecule has 0 aliphatic rings. The number of nitrogens with one attached hydrogen (secondary N) is 1. The number of methoxy groups -OCH3 is 1. The van der Waals surface area contributed by atoms with Gasteiger partial charge in [0.2, 0.25) is 0 Å². The molecule has 1 atom stereocenters. The van der Waals surface area contributed by atoms with E-state index in [1.807, 2.05) is 54.6 Å². The number of amides is 1. The van der Waals surface area contributed by atoms with Crippen molar-refractivity contribution in [1.29, 1.82) is 0 Å². The van der Waals surface area contributed by atoms with Crippen molar-refractivity contribution in [3.63, 3.8) is 0 Å². The first-order valence-corrected chi connectivity index (χ1v) is 6.90. The maximum Gasteiger partial charge on any atom is 0.253 e. The van der Waals surface area contributed by atoms with Crippen molar-refractivity contribution in [2.24, 2.45) is 0 Å². The largest absolute Gasteiger partial charge is 0.399 e. The molecule has 3 N–H and O–H groups in total. The highest BCUT2D eigenvalue weighted by Gasteiger charge is 2.18. The Bertz CT molecular complexity index is 567. The second-order valence-corrected chi connectivity index (χ2v) is 4.81. The Balaban J connectivity index is 1.87. The Morgan fingerprint density at radius 3 is 2.43 bits per heavy atom. The lowest BCUT2D eigenvalue weighted by Gasteiger charge is -2.15. The van der Waals surface area contributed by atoms with Gasteiger partial charge in [0.15, 0.2) is 6.10 Å². The van der Waals surface area contributed by atoms with Crippen molar-refractivity contribution in [1.82, 2.24) is 5.32 Å². The summed E-state index contributed by atoms with van der Waals surface area (Å²) in [6, 6.07) is 17.1. The van der Waals surface area contributed by atoms with E-state index in [0.29, 0.717) is 6.54 Å². The highest BCUT2D eigenvalue weighted by atomic mass is 16.5. The van der Waals surface area contributed by atoms with E-state index in [0.717, 1.165) is 23.2 Å². The minimum absolute atomic E-state index is 0.126. The summed E-state index contributed by atoms with van der Waals surface area (Å²) < 4.78 is 5.29. The first kappa shape index (κ1) is 15.1. The number of hydrogen-bond acceptors (Lipinski definition) is 3. The molecule has 2 aromatic rings. The van der Waals surface area contributed by atoms with Gasteiger partial charge in [-0.05, 0) is 29.7 Å². The van der Waals surface area contributed by atoms with Crippen LogP contribution in [-0.2, 0) is 16.0 Å². The van der Waals surface area contributed by atoms with Crippen molar-refractivity contribution in [2.75, 3.05) is 19.4 Å². The summed E-state index contributed by atoms with van der Waals surface area (Å²) in [5.74, 6) is -0.126. The minimum Gasteiger partial charge on any atom is -0.399 e. The van der Waals surface area contributed by atoms with Crippen LogP contribution in [0.5, 0.6) is 0 Å². The predicted molar refractivity (Wildman–Crippen MR) is 83.8 cm³/mol. The van der Waals surface area contributed by atoms with Gasteiger partial charge >= 0.3 is 0 Å². The van der Waals surface area contributed by atoms with Gasteiger partial charge in [-0.1, -0.05) is 42.5 Å². The first-order chi connectivity index (χ1) is 10.2. The third kappa shape index (κ3) is 4.33. The van der Waals surface area contributed by atoms with Gasteiger partial charge in [-0.2, -0.15) is 0 Å².